The van der Waals surface area contributed by atoms with Gasteiger partial charge in [-0.3, -0.25) is 14.7 Å². The van der Waals surface area contributed by atoms with Crippen LogP contribution < -0.4 is 5.56 Å². The second-order valence-electron chi connectivity index (χ2n) is 8.28. The van der Waals surface area contributed by atoms with Gasteiger partial charge in [-0.2, -0.15) is 0 Å². The first-order chi connectivity index (χ1) is 13.6. The molecule has 2 fully saturated rings. The van der Waals surface area contributed by atoms with Gasteiger partial charge in [-0.1, -0.05) is 13.0 Å². The Morgan fingerprint density at radius 1 is 1.14 bits per heavy atom. The summed E-state index contributed by atoms with van der Waals surface area (Å²) in [5.41, 5.74) is 4.82. The van der Waals surface area contributed by atoms with Gasteiger partial charge in [0.15, 0.2) is 0 Å². The fourth-order valence-electron chi connectivity index (χ4n) is 4.69. The van der Waals surface area contributed by atoms with Gasteiger partial charge < -0.3 is 9.88 Å². The lowest BCUT2D eigenvalue weighted by atomic mass is 10.0. The molecule has 0 spiro atoms. The van der Waals surface area contributed by atoms with Crippen LogP contribution in [0.2, 0.25) is 0 Å². The summed E-state index contributed by atoms with van der Waals surface area (Å²) in [5, 5.41) is 0. The zero-order valence-corrected chi connectivity index (χ0v) is 17.2. The van der Waals surface area contributed by atoms with Crippen LogP contribution in [-0.2, 0) is 13.0 Å². The molecule has 1 N–H and O–H groups in total. The smallest absolute Gasteiger partial charge is 0.251 e. The van der Waals surface area contributed by atoms with E-state index in [0.717, 1.165) is 60.3 Å². The van der Waals surface area contributed by atoms with Crippen molar-refractivity contribution in [3.8, 4) is 11.3 Å². The number of nitrogens with one attached hydrogen (secondary N) is 1. The summed E-state index contributed by atoms with van der Waals surface area (Å²) >= 11 is 0. The maximum atomic E-state index is 12.0. The van der Waals surface area contributed by atoms with Crippen molar-refractivity contribution in [2.45, 2.75) is 58.5 Å². The SMILES string of the molecule is CCc1cc(-c2cccc(CN3CCC(N4CCCC4)CC3)n2)c(C)[nH]c1=O. The van der Waals surface area contributed by atoms with E-state index < -0.39 is 0 Å². The topological polar surface area (TPSA) is 52.2 Å². The summed E-state index contributed by atoms with van der Waals surface area (Å²) < 4.78 is 0. The molecule has 0 amide bonds. The molecule has 0 saturated carbocycles. The molecule has 0 unspecified atom stereocenters. The highest BCUT2D eigenvalue weighted by Crippen LogP contribution is 2.23. The van der Waals surface area contributed by atoms with Crippen LogP contribution in [0.25, 0.3) is 11.3 Å². The van der Waals surface area contributed by atoms with Crippen LogP contribution in [0.5, 0.6) is 0 Å². The Morgan fingerprint density at radius 3 is 2.61 bits per heavy atom. The first kappa shape index (κ1) is 19.3. The van der Waals surface area contributed by atoms with E-state index >= 15 is 0 Å². The van der Waals surface area contributed by atoms with Gasteiger partial charge in [0.2, 0.25) is 0 Å². The number of nitrogens with zero attached hydrogens (tertiary/aromatic N) is 3. The number of H-pyrrole nitrogens is 1. The molecule has 2 aliphatic rings. The molecule has 4 rings (SSSR count). The first-order valence-electron chi connectivity index (χ1n) is 10.8. The minimum absolute atomic E-state index is 0.0146. The number of aromatic nitrogens is 2. The van der Waals surface area contributed by atoms with Gasteiger partial charge in [0.25, 0.3) is 5.56 Å². The largest absolute Gasteiger partial charge is 0.326 e. The van der Waals surface area contributed by atoms with Gasteiger partial charge in [0.1, 0.15) is 0 Å². The fourth-order valence-corrected chi connectivity index (χ4v) is 4.69. The Hall–Kier alpha value is -1.98. The minimum atomic E-state index is 0.0146. The Kier molecular flexibility index (Phi) is 5.93. The predicted octanol–water partition coefficient (Wildman–Crippen LogP) is 3.37. The average Bonchev–Trinajstić information content (AvgIpc) is 3.24. The highest BCUT2D eigenvalue weighted by molar-refractivity contribution is 5.62. The lowest BCUT2D eigenvalue weighted by Gasteiger charge is -2.36. The number of hydrogen-bond donors (Lipinski definition) is 1. The maximum Gasteiger partial charge on any atom is 0.251 e. The van der Waals surface area contributed by atoms with Gasteiger partial charge in [-0.05, 0) is 70.3 Å². The molecule has 4 heterocycles. The molecule has 5 nitrogen and oxygen atoms in total. The molecule has 0 atom stereocenters. The van der Waals surface area contributed by atoms with Crippen molar-refractivity contribution >= 4 is 0 Å². The first-order valence-corrected chi connectivity index (χ1v) is 10.8. The molecule has 2 aliphatic heterocycles. The number of hydrogen-bond acceptors (Lipinski definition) is 4. The number of aryl methyl sites for hydroxylation is 2. The van der Waals surface area contributed by atoms with Gasteiger partial charge in [0, 0.05) is 42.5 Å². The van der Waals surface area contributed by atoms with Crippen molar-refractivity contribution in [2.75, 3.05) is 26.2 Å². The molecule has 2 aromatic heterocycles. The van der Waals surface area contributed by atoms with Crippen molar-refractivity contribution in [2.24, 2.45) is 0 Å². The van der Waals surface area contributed by atoms with Crippen molar-refractivity contribution < 1.29 is 0 Å². The summed E-state index contributed by atoms with van der Waals surface area (Å²) in [6.45, 7) is 9.78. The van der Waals surface area contributed by atoms with Crippen LogP contribution in [0.1, 0.15) is 49.6 Å². The molecule has 28 heavy (non-hydrogen) atoms. The van der Waals surface area contributed by atoms with E-state index in [2.05, 4.69) is 26.9 Å². The number of piperidine rings is 1. The van der Waals surface area contributed by atoms with E-state index in [9.17, 15) is 4.79 Å². The van der Waals surface area contributed by atoms with Crippen LogP contribution in [0.4, 0.5) is 0 Å². The van der Waals surface area contributed by atoms with Crippen LogP contribution in [0.15, 0.2) is 29.1 Å². The highest BCUT2D eigenvalue weighted by Gasteiger charge is 2.26. The molecule has 0 aliphatic carbocycles. The lowest BCUT2D eigenvalue weighted by Crippen LogP contribution is -2.43. The Morgan fingerprint density at radius 2 is 1.89 bits per heavy atom. The van der Waals surface area contributed by atoms with E-state index in [4.69, 9.17) is 4.98 Å². The van der Waals surface area contributed by atoms with E-state index in [-0.39, 0.29) is 5.56 Å². The number of aromatic amines is 1. The second-order valence-corrected chi connectivity index (χ2v) is 8.28. The molecule has 0 radical (unpaired) electrons. The molecule has 150 valence electrons. The second kappa shape index (κ2) is 8.58. The predicted molar refractivity (Wildman–Crippen MR) is 114 cm³/mol. The van der Waals surface area contributed by atoms with Gasteiger partial charge in [-0.15, -0.1) is 0 Å². The van der Waals surface area contributed by atoms with Crippen LogP contribution in [0.3, 0.4) is 0 Å². The maximum absolute atomic E-state index is 12.0. The third-order valence-corrected chi connectivity index (χ3v) is 6.38. The highest BCUT2D eigenvalue weighted by atomic mass is 16.1. The normalized spacial score (nSPS) is 19.4. The number of pyridine rings is 2. The lowest BCUT2D eigenvalue weighted by molar-refractivity contribution is 0.122. The summed E-state index contributed by atoms with van der Waals surface area (Å²) in [7, 11) is 0. The van der Waals surface area contributed by atoms with Gasteiger partial charge in [0.05, 0.1) is 11.4 Å². The van der Waals surface area contributed by atoms with Crippen molar-refractivity contribution in [3.05, 3.63) is 51.6 Å². The van der Waals surface area contributed by atoms with Crippen molar-refractivity contribution in [3.63, 3.8) is 0 Å². The zero-order valence-electron chi connectivity index (χ0n) is 17.2. The molecule has 2 saturated heterocycles. The quantitative estimate of drug-likeness (QED) is 0.864. The summed E-state index contributed by atoms with van der Waals surface area (Å²) in [4.78, 5) is 25.2. The van der Waals surface area contributed by atoms with Crippen LogP contribution in [0, 0.1) is 6.92 Å². The van der Waals surface area contributed by atoms with E-state index in [0.29, 0.717) is 0 Å². The number of rotatable bonds is 5. The van der Waals surface area contributed by atoms with Gasteiger partial charge >= 0.3 is 0 Å². The number of likely N-dealkylation sites (tertiary alicyclic amines) is 2. The fraction of sp³-hybridized carbons (Fsp3) is 0.565. The van der Waals surface area contributed by atoms with Crippen LogP contribution in [-0.4, -0.2) is 52.0 Å². The minimum Gasteiger partial charge on any atom is -0.326 e. The molecular formula is C23H32N4O. The Balaban J connectivity index is 1.44. The molecule has 0 bridgehead atoms. The summed E-state index contributed by atoms with van der Waals surface area (Å²) in [6, 6.07) is 9.04. The van der Waals surface area contributed by atoms with Gasteiger partial charge in [-0.25, -0.2) is 0 Å². The van der Waals surface area contributed by atoms with E-state index in [1.165, 1.54) is 38.8 Å². The Labute approximate surface area is 167 Å². The monoisotopic (exact) mass is 380 g/mol. The third kappa shape index (κ3) is 4.20. The average molecular weight is 381 g/mol. The summed E-state index contributed by atoms with van der Waals surface area (Å²) in [6.07, 6.45) is 6.03. The van der Waals surface area contributed by atoms with Crippen molar-refractivity contribution in [1.82, 2.24) is 19.8 Å². The Bertz CT molecular complexity index is 861. The molecule has 5 heteroatoms. The molecular weight excluding hydrogens is 348 g/mol. The molecule has 2 aromatic rings. The standard InChI is InChI=1S/C23H32N4O/c1-3-18-15-21(17(2)24-23(18)28)22-8-6-7-19(25-22)16-26-13-9-20(10-14-26)27-11-4-5-12-27/h6-8,15,20H,3-5,9-14,16H2,1-2H3,(H,24,28). The van der Waals surface area contributed by atoms with E-state index in [1.807, 2.05) is 26.0 Å². The van der Waals surface area contributed by atoms with E-state index in [1.54, 1.807) is 0 Å². The summed E-state index contributed by atoms with van der Waals surface area (Å²) in [5.74, 6) is 0. The molecule has 0 aromatic carbocycles. The zero-order chi connectivity index (χ0) is 19.5. The third-order valence-electron chi connectivity index (χ3n) is 6.38. The van der Waals surface area contributed by atoms with Crippen LogP contribution >= 0.6 is 0 Å². The van der Waals surface area contributed by atoms with Crippen molar-refractivity contribution in [1.29, 1.82) is 0 Å².